The molecule has 4 N–H and O–H groups in total. The van der Waals surface area contributed by atoms with Crippen molar-refractivity contribution in [2.45, 2.75) is 12.5 Å². The molecule has 0 fully saturated rings. The van der Waals surface area contributed by atoms with Crippen LogP contribution in [-0.2, 0) is 6.42 Å². The first-order valence-corrected chi connectivity index (χ1v) is 9.42. The summed E-state index contributed by atoms with van der Waals surface area (Å²) in [4.78, 5) is 8.49. The number of hydrogen-bond acceptors (Lipinski definition) is 3. The lowest BCUT2D eigenvalue weighted by Gasteiger charge is -2.11. The lowest BCUT2D eigenvalue weighted by molar-refractivity contribution is 0.265. The van der Waals surface area contributed by atoms with E-state index in [4.69, 9.17) is 10.7 Å². The van der Waals surface area contributed by atoms with Crippen molar-refractivity contribution in [1.29, 1.82) is 0 Å². The molecule has 3 aromatic carbocycles. The van der Waals surface area contributed by atoms with E-state index in [0.29, 0.717) is 6.42 Å². The molecule has 0 unspecified atom stereocenters. The van der Waals surface area contributed by atoms with Crippen LogP contribution in [0.5, 0.6) is 0 Å². The maximum Gasteiger partial charge on any atom is 0.138 e. The Morgan fingerprint density at radius 1 is 0.821 bits per heavy atom. The molecule has 0 aliphatic rings. The number of nitrogens with one attached hydrogen (secondary N) is 1. The zero-order valence-corrected chi connectivity index (χ0v) is 15.5. The Balaban J connectivity index is 1.86. The highest BCUT2D eigenvalue weighted by Gasteiger charge is 2.17. The molecule has 4 rings (SSSR count). The van der Waals surface area contributed by atoms with E-state index in [1.54, 1.807) is 0 Å². The van der Waals surface area contributed by atoms with Crippen molar-refractivity contribution < 1.29 is 5.11 Å². The van der Waals surface area contributed by atoms with Crippen molar-refractivity contribution in [2.75, 3.05) is 6.61 Å². The zero-order valence-electron chi connectivity index (χ0n) is 15.5. The summed E-state index contributed by atoms with van der Waals surface area (Å²) in [5, 5.41) is 9.35. The molecule has 0 amide bonds. The Morgan fingerprint density at radius 3 is 2.11 bits per heavy atom. The third-order valence-electron chi connectivity index (χ3n) is 4.80. The number of nitrogens with two attached hydrogens (primary N) is 1. The van der Waals surface area contributed by atoms with Crippen LogP contribution in [0.4, 0.5) is 0 Å². The van der Waals surface area contributed by atoms with Crippen LogP contribution in [0, 0.1) is 0 Å². The highest BCUT2D eigenvalue weighted by molar-refractivity contribution is 5.81. The van der Waals surface area contributed by atoms with Crippen LogP contribution in [0.1, 0.15) is 5.56 Å². The lowest BCUT2D eigenvalue weighted by atomic mass is 10.0. The first-order chi connectivity index (χ1) is 13.8. The molecule has 4 nitrogen and oxygen atoms in total. The van der Waals surface area contributed by atoms with Gasteiger partial charge in [0.05, 0.1) is 18.0 Å². The third-order valence-corrected chi connectivity index (χ3v) is 4.80. The summed E-state index contributed by atoms with van der Waals surface area (Å²) in [5.41, 5.74) is 12.1. The predicted molar refractivity (Wildman–Crippen MR) is 114 cm³/mol. The van der Waals surface area contributed by atoms with E-state index >= 15 is 0 Å². The van der Waals surface area contributed by atoms with Crippen LogP contribution in [-0.4, -0.2) is 27.7 Å². The van der Waals surface area contributed by atoms with E-state index < -0.39 is 0 Å². The van der Waals surface area contributed by atoms with Gasteiger partial charge in [0.1, 0.15) is 5.82 Å². The minimum absolute atomic E-state index is 0.0446. The molecule has 0 bridgehead atoms. The molecule has 0 aliphatic carbocycles. The van der Waals surface area contributed by atoms with Gasteiger partial charge in [-0.05, 0) is 12.0 Å². The van der Waals surface area contributed by atoms with E-state index in [2.05, 4.69) is 29.2 Å². The van der Waals surface area contributed by atoms with Crippen LogP contribution < -0.4 is 5.73 Å². The van der Waals surface area contributed by atoms with Gasteiger partial charge in [0, 0.05) is 22.7 Å². The van der Waals surface area contributed by atoms with Gasteiger partial charge in [0.2, 0.25) is 0 Å². The van der Waals surface area contributed by atoms with E-state index in [9.17, 15) is 5.11 Å². The van der Waals surface area contributed by atoms with E-state index in [1.807, 2.05) is 60.7 Å². The number of nitrogens with zero attached hydrogens (tertiary/aromatic N) is 1. The summed E-state index contributed by atoms with van der Waals surface area (Å²) >= 11 is 0. The smallest absolute Gasteiger partial charge is 0.138 e. The maximum atomic E-state index is 9.35. The molecule has 1 heterocycles. The molecule has 1 aromatic heterocycles. The molecule has 140 valence electrons. The molecule has 0 saturated heterocycles. The Morgan fingerprint density at radius 2 is 1.43 bits per heavy atom. The molecule has 28 heavy (non-hydrogen) atoms. The first-order valence-electron chi connectivity index (χ1n) is 9.42. The summed E-state index contributed by atoms with van der Waals surface area (Å²) < 4.78 is 0. The second-order valence-electron chi connectivity index (χ2n) is 6.84. The molecule has 0 radical (unpaired) electrons. The summed E-state index contributed by atoms with van der Waals surface area (Å²) in [7, 11) is 0. The fraction of sp³-hybridized carbons (Fsp3) is 0.125. The third kappa shape index (κ3) is 3.74. The van der Waals surface area contributed by atoms with Gasteiger partial charge in [-0.15, -0.1) is 0 Å². The number of rotatable bonds is 6. The maximum absolute atomic E-state index is 9.35. The van der Waals surface area contributed by atoms with Crippen molar-refractivity contribution in [3.63, 3.8) is 0 Å². The number of hydrogen-bond donors (Lipinski definition) is 3. The molecule has 4 aromatic rings. The fourth-order valence-electron chi connectivity index (χ4n) is 3.40. The topological polar surface area (TPSA) is 74.9 Å². The van der Waals surface area contributed by atoms with E-state index in [0.717, 1.165) is 39.5 Å². The quantitative estimate of drug-likeness (QED) is 0.475. The van der Waals surface area contributed by atoms with Gasteiger partial charge in [-0.1, -0.05) is 84.9 Å². The van der Waals surface area contributed by atoms with Crippen LogP contribution in [0.2, 0.25) is 0 Å². The van der Waals surface area contributed by atoms with Gasteiger partial charge >= 0.3 is 0 Å². The summed E-state index contributed by atoms with van der Waals surface area (Å²) in [6, 6.07) is 28.2. The minimum atomic E-state index is -0.293. The van der Waals surface area contributed by atoms with Crippen LogP contribution in [0.15, 0.2) is 84.9 Å². The molecule has 0 aliphatic heterocycles. The minimum Gasteiger partial charge on any atom is -0.395 e. The van der Waals surface area contributed by atoms with Crippen molar-refractivity contribution in [1.82, 2.24) is 9.97 Å². The predicted octanol–water partition coefficient (Wildman–Crippen LogP) is 4.27. The molecular weight excluding hydrogens is 346 g/mol. The summed E-state index contributed by atoms with van der Waals surface area (Å²) in [6.07, 6.45) is 0.592. The Hall–Kier alpha value is -3.21. The van der Waals surface area contributed by atoms with Crippen LogP contribution >= 0.6 is 0 Å². The second-order valence-corrected chi connectivity index (χ2v) is 6.84. The van der Waals surface area contributed by atoms with Crippen molar-refractivity contribution in [3.8, 4) is 33.9 Å². The van der Waals surface area contributed by atoms with Crippen molar-refractivity contribution >= 4 is 0 Å². The van der Waals surface area contributed by atoms with E-state index in [-0.39, 0.29) is 12.6 Å². The van der Waals surface area contributed by atoms with Crippen molar-refractivity contribution in [3.05, 3.63) is 90.5 Å². The van der Waals surface area contributed by atoms with Gasteiger partial charge in [-0.3, -0.25) is 0 Å². The Bertz CT molecular complexity index is 985. The number of H-pyrrole nitrogens is 1. The van der Waals surface area contributed by atoms with E-state index in [1.165, 1.54) is 0 Å². The van der Waals surface area contributed by atoms with Gasteiger partial charge in [-0.2, -0.15) is 0 Å². The van der Waals surface area contributed by atoms with Crippen LogP contribution in [0.25, 0.3) is 33.9 Å². The summed E-state index contributed by atoms with van der Waals surface area (Å²) in [5.74, 6) is 0.804. The van der Waals surface area contributed by atoms with Gasteiger partial charge in [0.25, 0.3) is 0 Å². The lowest BCUT2D eigenvalue weighted by Crippen LogP contribution is -2.27. The highest BCUT2D eigenvalue weighted by Crippen LogP contribution is 2.34. The number of benzene rings is 3. The monoisotopic (exact) mass is 369 g/mol. The molecule has 0 spiro atoms. The van der Waals surface area contributed by atoms with Crippen molar-refractivity contribution in [2.24, 2.45) is 5.73 Å². The fourth-order valence-corrected chi connectivity index (χ4v) is 3.40. The number of aromatic nitrogens is 2. The SMILES string of the molecule is N[C@H](CO)Cc1ccccc1-c1nc(-c2ccccc2)c(-c2ccccc2)[nH]1. The number of aromatic amines is 1. The second kappa shape index (κ2) is 8.21. The largest absolute Gasteiger partial charge is 0.395 e. The first kappa shape index (κ1) is 18.2. The van der Waals surface area contributed by atoms with Gasteiger partial charge in [-0.25, -0.2) is 4.98 Å². The Kier molecular flexibility index (Phi) is 5.33. The number of aliphatic hydroxyl groups excluding tert-OH is 1. The molecular formula is C24H23N3O. The average Bonchev–Trinajstić information content (AvgIpc) is 3.20. The number of imidazole rings is 1. The zero-order chi connectivity index (χ0) is 19.3. The van der Waals surface area contributed by atoms with Gasteiger partial charge < -0.3 is 15.8 Å². The van der Waals surface area contributed by atoms with Crippen LogP contribution in [0.3, 0.4) is 0 Å². The summed E-state index contributed by atoms with van der Waals surface area (Å²) in [6.45, 7) is -0.0446. The molecule has 1 atom stereocenters. The normalized spacial score (nSPS) is 12.1. The van der Waals surface area contributed by atoms with Gasteiger partial charge in [0.15, 0.2) is 0 Å². The molecule has 0 saturated carbocycles. The Labute approximate surface area is 164 Å². The number of aliphatic hydroxyl groups is 1. The highest BCUT2D eigenvalue weighted by atomic mass is 16.3. The average molecular weight is 369 g/mol. The standard InChI is InChI=1S/C24H23N3O/c25-20(16-28)15-19-13-7-8-14-21(19)24-26-22(17-9-3-1-4-10-17)23(27-24)18-11-5-2-6-12-18/h1-14,20,28H,15-16,25H2,(H,26,27)/t20-/m0/s1. The molecule has 4 heteroatoms.